The molecule has 1 unspecified atom stereocenters. The van der Waals surface area contributed by atoms with E-state index in [1.165, 1.54) is 6.07 Å². The van der Waals surface area contributed by atoms with E-state index in [4.69, 9.17) is 0 Å². The zero-order valence-electron chi connectivity index (χ0n) is 13.1. The number of carbonyl (C=O) groups excluding carboxylic acids is 1. The van der Waals surface area contributed by atoms with Crippen molar-refractivity contribution in [3.05, 3.63) is 35.6 Å². The lowest BCUT2D eigenvalue weighted by Crippen LogP contribution is -2.51. The molecule has 0 aliphatic heterocycles. The number of rotatable bonds is 6. The van der Waals surface area contributed by atoms with Crippen molar-refractivity contribution in [3.63, 3.8) is 0 Å². The van der Waals surface area contributed by atoms with Gasteiger partial charge < -0.3 is 10.2 Å². The van der Waals surface area contributed by atoms with Crippen LogP contribution in [0, 0.1) is 5.82 Å². The third kappa shape index (κ3) is 3.62. The quantitative estimate of drug-likeness (QED) is 0.874. The highest BCUT2D eigenvalue weighted by atomic mass is 19.1. The molecule has 1 N–H and O–H groups in total. The second-order valence-corrected chi connectivity index (χ2v) is 5.79. The van der Waals surface area contributed by atoms with E-state index < -0.39 is 0 Å². The van der Waals surface area contributed by atoms with Gasteiger partial charge in [0.1, 0.15) is 5.82 Å². The standard InChI is InChI=1S/C17H25FN2O/c1-4-20(5-2)17(21)12(3)19-14-10-13(11-14)15-8-6-7-9-16(15)18/h6-9,12-14,19H,4-5,10-11H2,1-3H3. The normalized spacial score (nSPS) is 22.5. The minimum atomic E-state index is -0.170. The summed E-state index contributed by atoms with van der Waals surface area (Å²) in [6.07, 6.45) is 1.80. The number of hydrogen-bond donors (Lipinski definition) is 1. The molecule has 1 atom stereocenters. The van der Waals surface area contributed by atoms with Crippen LogP contribution in [0.4, 0.5) is 4.39 Å². The van der Waals surface area contributed by atoms with Crippen LogP contribution in [0.3, 0.4) is 0 Å². The van der Waals surface area contributed by atoms with Crippen molar-refractivity contribution in [3.8, 4) is 0 Å². The van der Waals surface area contributed by atoms with Crippen LogP contribution in [-0.4, -0.2) is 36.0 Å². The zero-order chi connectivity index (χ0) is 15.4. The van der Waals surface area contributed by atoms with Crippen molar-refractivity contribution < 1.29 is 9.18 Å². The largest absolute Gasteiger partial charge is 0.342 e. The van der Waals surface area contributed by atoms with Crippen molar-refractivity contribution in [2.45, 2.75) is 51.6 Å². The van der Waals surface area contributed by atoms with E-state index >= 15 is 0 Å². The molecule has 2 rings (SSSR count). The molecule has 4 heteroatoms. The number of carbonyl (C=O) groups is 1. The number of benzene rings is 1. The second-order valence-electron chi connectivity index (χ2n) is 5.79. The predicted octanol–water partition coefficient (Wildman–Crippen LogP) is 2.92. The van der Waals surface area contributed by atoms with Gasteiger partial charge in [-0.2, -0.15) is 0 Å². The van der Waals surface area contributed by atoms with Gasteiger partial charge >= 0.3 is 0 Å². The summed E-state index contributed by atoms with van der Waals surface area (Å²) < 4.78 is 13.7. The molecule has 1 aromatic rings. The molecule has 1 aliphatic carbocycles. The molecule has 0 spiro atoms. The number of amides is 1. The third-order valence-corrected chi connectivity index (χ3v) is 4.41. The fraction of sp³-hybridized carbons (Fsp3) is 0.588. The van der Waals surface area contributed by atoms with Gasteiger partial charge in [-0.3, -0.25) is 4.79 Å². The smallest absolute Gasteiger partial charge is 0.239 e. The number of halogens is 1. The molecule has 0 bridgehead atoms. The average Bonchev–Trinajstić information content (AvgIpc) is 2.44. The molecule has 1 amide bonds. The van der Waals surface area contributed by atoms with Crippen LogP contribution in [0.2, 0.25) is 0 Å². The minimum absolute atomic E-state index is 0.117. The molecule has 21 heavy (non-hydrogen) atoms. The van der Waals surface area contributed by atoms with Gasteiger partial charge in [0.05, 0.1) is 6.04 Å². The van der Waals surface area contributed by atoms with Crippen molar-refractivity contribution in [2.75, 3.05) is 13.1 Å². The molecule has 0 heterocycles. The summed E-state index contributed by atoms with van der Waals surface area (Å²) in [5.41, 5.74) is 0.804. The maximum atomic E-state index is 13.7. The molecule has 1 saturated carbocycles. The Balaban J connectivity index is 1.83. The molecular formula is C17H25FN2O. The van der Waals surface area contributed by atoms with Crippen molar-refractivity contribution in [1.82, 2.24) is 10.2 Å². The Morgan fingerprint density at radius 2 is 1.95 bits per heavy atom. The highest BCUT2D eigenvalue weighted by Gasteiger charge is 2.33. The monoisotopic (exact) mass is 292 g/mol. The minimum Gasteiger partial charge on any atom is -0.342 e. The van der Waals surface area contributed by atoms with Crippen LogP contribution >= 0.6 is 0 Å². The van der Waals surface area contributed by atoms with Crippen LogP contribution in [-0.2, 0) is 4.79 Å². The van der Waals surface area contributed by atoms with E-state index in [1.54, 1.807) is 6.07 Å². The number of likely N-dealkylation sites (N-methyl/N-ethyl adjacent to an activating group) is 1. The first-order valence-corrected chi connectivity index (χ1v) is 7.86. The summed E-state index contributed by atoms with van der Waals surface area (Å²) in [6, 6.07) is 7.12. The highest BCUT2D eigenvalue weighted by Crippen LogP contribution is 2.38. The molecular weight excluding hydrogens is 267 g/mol. The predicted molar refractivity (Wildman–Crippen MR) is 82.7 cm³/mol. The van der Waals surface area contributed by atoms with E-state index in [0.717, 1.165) is 31.5 Å². The zero-order valence-corrected chi connectivity index (χ0v) is 13.1. The van der Waals surface area contributed by atoms with Gasteiger partial charge in [-0.15, -0.1) is 0 Å². The molecule has 0 radical (unpaired) electrons. The fourth-order valence-corrected chi connectivity index (χ4v) is 3.05. The molecule has 1 aliphatic rings. The van der Waals surface area contributed by atoms with Gasteiger partial charge in [0, 0.05) is 19.1 Å². The summed E-state index contributed by atoms with van der Waals surface area (Å²) in [5.74, 6) is 0.307. The molecule has 0 aromatic heterocycles. The van der Waals surface area contributed by atoms with Gasteiger partial charge in [-0.25, -0.2) is 4.39 Å². The maximum absolute atomic E-state index is 13.7. The van der Waals surface area contributed by atoms with Gasteiger partial charge in [0.25, 0.3) is 0 Å². The Kier molecular flexibility index (Phi) is 5.34. The topological polar surface area (TPSA) is 32.3 Å². The maximum Gasteiger partial charge on any atom is 0.239 e. The van der Waals surface area contributed by atoms with E-state index in [2.05, 4.69) is 5.32 Å². The van der Waals surface area contributed by atoms with Gasteiger partial charge in [-0.05, 0) is 51.2 Å². The lowest BCUT2D eigenvalue weighted by molar-refractivity contribution is -0.133. The van der Waals surface area contributed by atoms with E-state index in [1.807, 2.05) is 37.8 Å². The number of nitrogens with zero attached hydrogens (tertiary/aromatic N) is 1. The first-order chi connectivity index (χ1) is 10.1. The summed E-state index contributed by atoms with van der Waals surface area (Å²) in [4.78, 5) is 14.0. The van der Waals surface area contributed by atoms with Gasteiger partial charge in [0.15, 0.2) is 0 Å². The van der Waals surface area contributed by atoms with Crippen molar-refractivity contribution in [2.24, 2.45) is 0 Å². The van der Waals surface area contributed by atoms with Crippen LogP contribution < -0.4 is 5.32 Å². The molecule has 3 nitrogen and oxygen atoms in total. The molecule has 0 saturated heterocycles. The average molecular weight is 292 g/mol. The first-order valence-electron chi connectivity index (χ1n) is 7.86. The number of hydrogen-bond acceptors (Lipinski definition) is 2. The Morgan fingerprint density at radius 3 is 2.52 bits per heavy atom. The van der Waals surface area contributed by atoms with Gasteiger partial charge in [-0.1, -0.05) is 18.2 Å². The summed E-state index contributed by atoms with van der Waals surface area (Å²) >= 11 is 0. The van der Waals surface area contributed by atoms with E-state index in [0.29, 0.717) is 6.04 Å². The van der Waals surface area contributed by atoms with Crippen molar-refractivity contribution in [1.29, 1.82) is 0 Å². The molecule has 1 fully saturated rings. The van der Waals surface area contributed by atoms with Crippen LogP contribution in [0.15, 0.2) is 24.3 Å². The first kappa shape index (κ1) is 16.0. The fourth-order valence-electron chi connectivity index (χ4n) is 3.05. The van der Waals surface area contributed by atoms with Crippen LogP contribution in [0.1, 0.15) is 45.1 Å². The Morgan fingerprint density at radius 1 is 1.33 bits per heavy atom. The summed E-state index contributed by atoms with van der Waals surface area (Å²) in [5, 5.41) is 3.37. The third-order valence-electron chi connectivity index (χ3n) is 4.41. The Hall–Kier alpha value is -1.42. The van der Waals surface area contributed by atoms with Gasteiger partial charge in [0.2, 0.25) is 5.91 Å². The van der Waals surface area contributed by atoms with Crippen molar-refractivity contribution >= 4 is 5.91 Å². The van der Waals surface area contributed by atoms with E-state index in [9.17, 15) is 9.18 Å². The lowest BCUT2D eigenvalue weighted by Gasteiger charge is -2.38. The Labute approximate surface area is 126 Å². The second kappa shape index (κ2) is 7.03. The summed E-state index contributed by atoms with van der Waals surface area (Å²) in [7, 11) is 0. The highest BCUT2D eigenvalue weighted by molar-refractivity contribution is 5.81. The van der Waals surface area contributed by atoms with Crippen LogP contribution in [0.25, 0.3) is 0 Å². The molecule has 116 valence electrons. The SMILES string of the molecule is CCN(CC)C(=O)C(C)NC1CC(c2ccccc2F)C1. The molecule has 1 aromatic carbocycles. The van der Waals surface area contributed by atoms with E-state index in [-0.39, 0.29) is 23.7 Å². The van der Waals surface area contributed by atoms with Crippen LogP contribution in [0.5, 0.6) is 0 Å². The number of nitrogens with one attached hydrogen (secondary N) is 1. The Bertz CT molecular complexity index is 481. The summed E-state index contributed by atoms with van der Waals surface area (Å²) in [6.45, 7) is 7.38. The lowest BCUT2D eigenvalue weighted by atomic mass is 9.75.